The van der Waals surface area contributed by atoms with Crippen molar-refractivity contribution in [1.29, 1.82) is 5.41 Å². The molecular weight excluding hydrogens is 433 g/mol. The summed E-state index contributed by atoms with van der Waals surface area (Å²) in [6, 6.07) is 16.5. The van der Waals surface area contributed by atoms with Crippen LogP contribution in [-0.2, 0) is 5.41 Å². The Morgan fingerprint density at radius 1 is 1.12 bits per heavy atom. The SMILES string of the molecule is N=Cc1cc2c(cc1N)c(-c1ccc(C(=O)O)cc1)c(C1(CO)CCC1)n2-c1ccc(F)cc1. The molecule has 0 saturated heterocycles. The van der Waals surface area contributed by atoms with E-state index in [2.05, 4.69) is 0 Å². The van der Waals surface area contributed by atoms with Crippen molar-refractivity contribution in [1.82, 2.24) is 4.57 Å². The maximum absolute atomic E-state index is 13.8. The number of aliphatic hydroxyl groups is 1. The second-order valence-electron chi connectivity index (χ2n) is 8.85. The zero-order valence-electron chi connectivity index (χ0n) is 18.4. The van der Waals surface area contributed by atoms with E-state index >= 15 is 0 Å². The summed E-state index contributed by atoms with van der Waals surface area (Å²) >= 11 is 0. The van der Waals surface area contributed by atoms with E-state index in [9.17, 15) is 19.4 Å². The van der Waals surface area contributed by atoms with Gasteiger partial charge in [0, 0.05) is 45.2 Å². The van der Waals surface area contributed by atoms with Crippen LogP contribution >= 0.6 is 0 Å². The van der Waals surface area contributed by atoms with Crippen molar-refractivity contribution < 1.29 is 19.4 Å². The van der Waals surface area contributed by atoms with E-state index < -0.39 is 11.4 Å². The molecule has 0 aliphatic heterocycles. The van der Waals surface area contributed by atoms with E-state index in [1.165, 1.54) is 18.3 Å². The quantitative estimate of drug-likeness (QED) is 0.238. The highest BCUT2D eigenvalue weighted by Crippen LogP contribution is 2.51. The van der Waals surface area contributed by atoms with Crippen LogP contribution in [0.1, 0.15) is 40.9 Å². The van der Waals surface area contributed by atoms with Gasteiger partial charge >= 0.3 is 5.97 Å². The number of hydrogen-bond acceptors (Lipinski definition) is 4. The number of nitrogens with one attached hydrogen (secondary N) is 1. The van der Waals surface area contributed by atoms with Gasteiger partial charge in [-0.2, -0.15) is 0 Å². The molecule has 172 valence electrons. The Hall–Kier alpha value is -3.97. The fourth-order valence-electron chi connectivity index (χ4n) is 5.00. The van der Waals surface area contributed by atoms with Crippen molar-refractivity contribution in [2.24, 2.45) is 0 Å². The number of anilines is 1. The third-order valence-corrected chi connectivity index (χ3v) is 6.95. The lowest BCUT2D eigenvalue weighted by molar-refractivity contribution is 0.0697. The molecule has 1 aliphatic rings. The first kappa shape index (κ1) is 21.9. The molecule has 1 aliphatic carbocycles. The minimum Gasteiger partial charge on any atom is -0.478 e. The number of hydrogen-bond donors (Lipinski definition) is 4. The van der Waals surface area contributed by atoms with E-state index in [1.54, 1.807) is 36.4 Å². The number of nitrogens with two attached hydrogens (primary N) is 1. The van der Waals surface area contributed by atoms with Crippen LogP contribution in [0, 0.1) is 11.2 Å². The molecule has 1 aromatic heterocycles. The molecule has 0 unspecified atom stereocenters. The van der Waals surface area contributed by atoms with Crippen molar-refractivity contribution in [2.75, 3.05) is 12.3 Å². The summed E-state index contributed by atoms with van der Waals surface area (Å²) < 4.78 is 15.8. The molecule has 7 heteroatoms. The van der Waals surface area contributed by atoms with Gasteiger partial charge in [0.25, 0.3) is 0 Å². The van der Waals surface area contributed by atoms with Crippen LogP contribution in [0.15, 0.2) is 60.7 Å². The Kier molecular flexibility index (Phi) is 5.21. The van der Waals surface area contributed by atoms with Gasteiger partial charge in [-0.3, -0.25) is 0 Å². The van der Waals surface area contributed by atoms with E-state index in [4.69, 9.17) is 11.1 Å². The first-order chi connectivity index (χ1) is 16.4. The molecule has 0 radical (unpaired) electrons. The largest absolute Gasteiger partial charge is 0.478 e. The van der Waals surface area contributed by atoms with Crippen LogP contribution in [0.3, 0.4) is 0 Å². The van der Waals surface area contributed by atoms with Crippen LogP contribution < -0.4 is 5.73 Å². The fourth-order valence-corrected chi connectivity index (χ4v) is 5.00. The van der Waals surface area contributed by atoms with Gasteiger partial charge in [-0.15, -0.1) is 0 Å². The van der Waals surface area contributed by atoms with Crippen LogP contribution in [0.4, 0.5) is 10.1 Å². The summed E-state index contributed by atoms with van der Waals surface area (Å²) in [7, 11) is 0. The van der Waals surface area contributed by atoms with Gasteiger partial charge < -0.3 is 25.9 Å². The zero-order valence-corrected chi connectivity index (χ0v) is 18.4. The number of carbonyl (C=O) groups is 1. The minimum atomic E-state index is -1.01. The van der Waals surface area contributed by atoms with Gasteiger partial charge in [-0.25, -0.2) is 9.18 Å². The predicted molar refractivity (Wildman–Crippen MR) is 131 cm³/mol. The molecule has 5 rings (SSSR count). The molecule has 3 aromatic carbocycles. The summed E-state index contributed by atoms with van der Waals surface area (Å²) in [5.74, 6) is -1.36. The molecule has 5 N–H and O–H groups in total. The molecule has 0 amide bonds. The first-order valence-corrected chi connectivity index (χ1v) is 11.1. The zero-order chi connectivity index (χ0) is 24.0. The Morgan fingerprint density at radius 2 is 1.79 bits per heavy atom. The third-order valence-electron chi connectivity index (χ3n) is 6.95. The number of halogens is 1. The number of benzene rings is 3. The van der Waals surface area contributed by atoms with E-state index in [-0.39, 0.29) is 18.0 Å². The Labute approximate surface area is 195 Å². The minimum absolute atomic E-state index is 0.0579. The normalized spacial score (nSPS) is 14.6. The maximum Gasteiger partial charge on any atom is 0.335 e. The predicted octanol–water partition coefficient (Wildman–Crippen LogP) is 5.13. The van der Waals surface area contributed by atoms with Crippen molar-refractivity contribution >= 4 is 28.8 Å². The lowest BCUT2D eigenvalue weighted by Gasteiger charge is -2.42. The highest BCUT2D eigenvalue weighted by molar-refractivity contribution is 6.05. The van der Waals surface area contributed by atoms with Crippen LogP contribution in [0.5, 0.6) is 0 Å². The van der Waals surface area contributed by atoms with E-state index in [0.717, 1.165) is 52.7 Å². The molecule has 1 saturated carbocycles. The molecule has 0 bridgehead atoms. The number of nitrogens with zero attached hydrogens (tertiary/aromatic N) is 1. The fraction of sp³-hybridized carbons (Fsp3) is 0.185. The van der Waals surface area contributed by atoms with Gasteiger partial charge in [0.1, 0.15) is 5.82 Å². The van der Waals surface area contributed by atoms with Gasteiger partial charge in [0.05, 0.1) is 17.7 Å². The summed E-state index contributed by atoms with van der Waals surface area (Å²) in [5, 5.41) is 28.5. The summed E-state index contributed by atoms with van der Waals surface area (Å²) in [6.45, 7) is -0.0579. The Morgan fingerprint density at radius 3 is 2.32 bits per heavy atom. The summed E-state index contributed by atoms with van der Waals surface area (Å²) in [6.07, 6.45) is 3.74. The molecule has 0 atom stereocenters. The van der Waals surface area contributed by atoms with Crippen LogP contribution in [0.25, 0.3) is 27.7 Å². The number of carboxylic acids is 1. The molecule has 6 nitrogen and oxygen atoms in total. The highest BCUT2D eigenvalue weighted by atomic mass is 19.1. The number of rotatable bonds is 6. The lowest BCUT2D eigenvalue weighted by Crippen LogP contribution is -2.40. The van der Waals surface area contributed by atoms with Crippen molar-refractivity contribution in [3.63, 3.8) is 0 Å². The van der Waals surface area contributed by atoms with Gasteiger partial charge in [-0.05, 0) is 66.9 Å². The van der Waals surface area contributed by atoms with Gasteiger partial charge in [0.15, 0.2) is 0 Å². The molecule has 1 heterocycles. The van der Waals surface area contributed by atoms with E-state index in [0.29, 0.717) is 11.3 Å². The van der Waals surface area contributed by atoms with Crippen LogP contribution in [-0.4, -0.2) is 33.6 Å². The number of fused-ring (bicyclic) bond motifs is 1. The monoisotopic (exact) mass is 457 g/mol. The van der Waals surface area contributed by atoms with Crippen molar-refractivity contribution in [2.45, 2.75) is 24.7 Å². The highest BCUT2D eigenvalue weighted by Gasteiger charge is 2.43. The number of aromatic carboxylic acids is 1. The van der Waals surface area contributed by atoms with Crippen molar-refractivity contribution in [3.05, 3.63) is 83.3 Å². The summed E-state index contributed by atoms with van der Waals surface area (Å²) in [5.41, 5.74) is 11.0. The lowest BCUT2D eigenvalue weighted by atomic mass is 9.65. The van der Waals surface area contributed by atoms with Gasteiger partial charge in [-0.1, -0.05) is 18.6 Å². The molecular formula is C27H24FN3O3. The van der Waals surface area contributed by atoms with Gasteiger partial charge in [0.2, 0.25) is 0 Å². The maximum atomic E-state index is 13.8. The van der Waals surface area contributed by atoms with Crippen molar-refractivity contribution in [3.8, 4) is 16.8 Å². The molecule has 4 aromatic rings. The summed E-state index contributed by atoms with van der Waals surface area (Å²) in [4.78, 5) is 11.4. The Balaban J connectivity index is 1.93. The molecule has 1 fully saturated rings. The average molecular weight is 458 g/mol. The number of nitrogen functional groups attached to an aromatic ring is 1. The number of aliphatic hydroxyl groups excluding tert-OH is 1. The first-order valence-electron chi connectivity index (χ1n) is 11.1. The molecule has 0 spiro atoms. The average Bonchev–Trinajstić information content (AvgIpc) is 3.12. The Bertz CT molecular complexity index is 1410. The van der Waals surface area contributed by atoms with Crippen LogP contribution in [0.2, 0.25) is 0 Å². The second-order valence-corrected chi connectivity index (χ2v) is 8.85. The van der Waals surface area contributed by atoms with E-state index in [1.807, 2.05) is 16.7 Å². The standard InChI is InChI=1S/C27H24FN3O3/c28-19-6-8-20(9-7-19)31-23-12-18(14-29)22(30)13-21(23)24(25(31)27(15-32)10-1-11-27)16-2-4-17(5-3-16)26(33)34/h2-9,12-14,29,32H,1,10-11,15,30H2,(H,33,34). The molecule has 34 heavy (non-hydrogen) atoms. The number of carboxylic acid groups (broad SMARTS) is 1. The smallest absolute Gasteiger partial charge is 0.335 e. The number of aromatic nitrogens is 1. The third kappa shape index (κ3) is 3.28. The second kappa shape index (κ2) is 8.11. The topological polar surface area (TPSA) is 112 Å².